The molecule has 0 atom stereocenters. The van der Waals surface area contributed by atoms with Gasteiger partial charge in [-0.2, -0.15) is 0 Å². The number of halogens is 1. The number of rotatable bonds is 4. The zero-order chi connectivity index (χ0) is 16.2. The quantitative estimate of drug-likeness (QED) is 0.785. The number of para-hydroxylation sites is 1. The van der Waals surface area contributed by atoms with Crippen molar-refractivity contribution >= 4 is 22.9 Å². The molecule has 2 heterocycles. The molecule has 1 aromatic carbocycles. The van der Waals surface area contributed by atoms with Gasteiger partial charge in [0, 0.05) is 0 Å². The number of nitrogens with zero attached hydrogens (tertiary/aromatic N) is 2. The van der Waals surface area contributed by atoms with Gasteiger partial charge < -0.3 is 10.1 Å². The highest BCUT2D eigenvalue weighted by Gasteiger charge is 2.10. The Hall–Kier alpha value is -2.80. The lowest BCUT2D eigenvalue weighted by Crippen LogP contribution is -2.10. The molecule has 1 N–H and O–H groups in total. The number of carbonyl (C=O) groups is 1. The van der Waals surface area contributed by atoms with Gasteiger partial charge in [-0.3, -0.25) is 4.79 Å². The van der Waals surface area contributed by atoms with Gasteiger partial charge in [0.05, 0.1) is 23.0 Å². The summed E-state index contributed by atoms with van der Waals surface area (Å²) in [6, 6.07) is 7.78. The first-order valence-electron chi connectivity index (χ1n) is 6.73. The van der Waals surface area contributed by atoms with E-state index in [-0.39, 0.29) is 17.7 Å². The summed E-state index contributed by atoms with van der Waals surface area (Å²) >= 11 is 1.36. The number of amides is 1. The topological polar surface area (TPSA) is 64.1 Å². The molecule has 0 aliphatic rings. The second-order valence-corrected chi connectivity index (χ2v) is 5.64. The van der Waals surface area contributed by atoms with E-state index in [1.807, 2.05) is 12.3 Å². The van der Waals surface area contributed by atoms with Crippen LogP contribution in [-0.2, 0) is 0 Å². The Kier molecular flexibility index (Phi) is 4.29. The van der Waals surface area contributed by atoms with E-state index < -0.39 is 5.82 Å². The number of aryl methyl sites for hydroxylation is 1. The molecule has 116 valence electrons. The van der Waals surface area contributed by atoms with Crippen molar-refractivity contribution in [2.75, 3.05) is 5.32 Å². The lowest BCUT2D eigenvalue weighted by Gasteiger charge is -2.06. The van der Waals surface area contributed by atoms with Crippen LogP contribution in [0.4, 0.5) is 10.1 Å². The van der Waals surface area contributed by atoms with Crippen LogP contribution >= 0.6 is 11.3 Å². The van der Waals surface area contributed by atoms with Crippen LogP contribution in [0, 0.1) is 12.7 Å². The Morgan fingerprint density at radius 1 is 1.26 bits per heavy atom. The third-order valence-electron chi connectivity index (χ3n) is 2.88. The van der Waals surface area contributed by atoms with Crippen molar-refractivity contribution in [3.8, 4) is 11.8 Å². The van der Waals surface area contributed by atoms with Gasteiger partial charge in [-0.25, -0.2) is 14.4 Å². The first kappa shape index (κ1) is 15.1. The molecule has 0 aliphatic heterocycles. The SMILES string of the molecule is Cc1csc(C(=O)Nc2cnc(Oc3ccccc3F)nc2)c1. The van der Waals surface area contributed by atoms with Gasteiger partial charge >= 0.3 is 6.01 Å². The van der Waals surface area contributed by atoms with Crippen LogP contribution in [0.3, 0.4) is 0 Å². The number of carbonyl (C=O) groups excluding carboxylic acids is 1. The molecule has 3 aromatic rings. The van der Waals surface area contributed by atoms with E-state index >= 15 is 0 Å². The van der Waals surface area contributed by atoms with Gasteiger partial charge in [-0.15, -0.1) is 11.3 Å². The van der Waals surface area contributed by atoms with Crippen molar-refractivity contribution in [3.63, 3.8) is 0 Å². The summed E-state index contributed by atoms with van der Waals surface area (Å²) in [7, 11) is 0. The number of anilines is 1. The van der Waals surface area contributed by atoms with Crippen molar-refractivity contribution in [3.05, 3.63) is 64.4 Å². The molecule has 0 saturated heterocycles. The molecule has 0 fully saturated rings. The Morgan fingerprint density at radius 3 is 2.65 bits per heavy atom. The minimum absolute atomic E-state index is 0.0000621. The number of nitrogens with one attached hydrogen (secondary N) is 1. The fourth-order valence-electron chi connectivity index (χ4n) is 1.80. The van der Waals surface area contributed by atoms with Crippen molar-refractivity contribution in [2.45, 2.75) is 6.92 Å². The van der Waals surface area contributed by atoms with Crippen LogP contribution < -0.4 is 10.1 Å². The van der Waals surface area contributed by atoms with Gasteiger partial charge in [0.15, 0.2) is 11.6 Å². The molecule has 5 nitrogen and oxygen atoms in total. The monoisotopic (exact) mass is 329 g/mol. The maximum atomic E-state index is 13.5. The van der Waals surface area contributed by atoms with E-state index in [0.717, 1.165) is 5.56 Å². The average molecular weight is 329 g/mol. The van der Waals surface area contributed by atoms with Crippen molar-refractivity contribution in [1.29, 1.82) is 0 Å². The fourth-order valence-corrected chi connectivity index (χ4v) is 2.60. The third-order valence-corrected chi connectivity index (χ3v) is 3.93. The van der Waals surface area contributed by atoms with Crippen LogP contribution in [0.1, 0.15) is 15.2 Å². The molecule has 0 spiro atoms. The maximum absolute atomic E-state index is 13.5. The Balaban J connectivity index is 1.67. The fraction of sp³-hybridized carbons (Fsp3) is 0.0625. The molecule has 1 amide bonds. The summed E-state index contributed by atoms with van der Waals surface area (Å²) in [6.07, 6.45) is 2.81. The highest BCUT2D eigenvalue weighted by atomic mass is 32.1. The van der Waals surface area contributed by atoms with Gasteiger partial charge in [0.25, 0.3) is 5.91 Å². The number of benzene rings is 1. The third kappa shape index (κ3) is 3.70. The van der Waals surface area contributed by atoms with Gasteiger partial charge in [0.1, 0.15) is 0 Å². The van der Waals surface area contributed by atoms with Crippen molar-refractivity contribution in [1.82, 2.24) is 9.97 Å². The van der Waals surface area contributed by atoms with Crippen molar-refractivity contribution < 1.29 is 13.9 Å². The molecule has 0 bridgehead atoms. The van der Waals surface area contributed by atoms with E-state index in [4.69, 9.17) is 4.74 Å². The zero-order valence-corrected chi connectivity index (χ0v) is 12.9. The number of hydrogen-bond acceptors (Lipinski definition) is 5. The van der Waals surface area contributed by atoms with Crippen LogP contribution in [0.5, 0.6) is 11.8 Å². The van der Waals surface area contributed by atoms with Crippen LogP contribution in [0.15, 0.2) is 48.1 Å². The lowest BCUT2D eigenvalue weighted by atomic mass is 10.3. The predicted molar refractivity (Wildman–Crippen MR) is 85.5 cm³/mol. The Morgan fingerprint density at radius 2 is 2.00 bits per heavy atom. The smallest absolute Gasteiger partial charge is 0.322 e. The zero-order valence-electron chi connectivity index (χ0n) is 12.1. The predicted octanol–water partition coefficient (Wildman–Crippen LogP) is 4.03. The molecule has 0 saturated carbocycles. The summed E-state index contributed by atoms with van der Waals surface area (Å²) in [6.45, 7) is 1.92. The van der Waals surface area contributed by atoms with Gasteiger partial charge in [0.2, 0.25) is 0 Å². The van der Waals surface area contributed by atoms with E-state index in [1.165, 1.54) is 35.9 Å². The Labute approximate surface area is 135 Å². The molecular formula is C16H12FN3O2S. The molecule has 0 aliphatic carbocycles. The lowest BCUT2D eigenvalue weighted by molar-refractivity contribution is 0.103. The minimum atomic E-state index is -0.499. The molecule has 3 rings (SSSR count). The molecular weight excluding hydrogens is 317 g/mol. The standard InChI is InChI=1S/C16H12FN3O2S/c1-10-6-14(23-9-10)15(21)20-11-7-18-16(19-8-11)22-13-5-3-2-4-12(13)17/h2-9H,1H3,(H,20,21). The van der Waals surface area contributed by atoms with Gasteiger partial charge in [-0.05, 0) is 36.1 Å². The second kappa shape index (κ2) is 6.53. The number of hydrogen-bond donors (Lipinski definition) is 1. The van der Waals surface area contributed by atoms with E-state index in [1.54, 1.807) is 18.2 Å². The van der Waals surface area contributed by atoms with Gasteiger partial charge in [-0.1, -0.05) is 12.1 Å². The minimum Gasteiger partial charge on any atom is -0.421 e. The first-order valence-corrected chi connectivity index (χ1v) is 7.61. The van der Waals surface area contributed by atoms with Crippen LogP contribution in [0.2, 0.25) is 0 Å². The Bertz CT molecular complexity index is 833. The molecule has 0 unspecified atom stereocenters. The van der Waals surface area contributed by atoms with Crippen molar-refractivity contribution in [2.24, 2.45) is 0 Å². The molecule has 7 heteroatoms. The normalized spacial score (nSPS) is 10.3. The number of thiophene rings is 1. The summed E-state index contributed by atoms with van der Waals surface area (Å²) in [5.41, 5.74) is 1.46. The highest BCUT2D eigenvalue weighted by Crippen LogP contribution is 2.21. The van der Waals surface area contributed by atoms with E-state index in [9.17, 15) is 9.18 Å². The maximum Gasteiger partial charge on any atom is 0.322 e. The number of aromatic nitrogens is 2. The van der Waals surface area contributed by atoms with Crippen LogP contribution in [0.25, 0.3) is 0 Å². The summed E-state index contributed by atoms with van der Waals surface area (Å²) < 4.78 is 18.7. The van der Waals surface area contributed by atoms with E-state index in [2.05, 4.69) is 15.3 Å². The number of ether oxygens (including phenoxy) is 1. The summed E-state index contributed by atoms with van der Waals surface area (Å²) in [4.78, 5) is 20.5. The van der Waals surface area contributed by atoms with Crippen LogP contribution in [-0.4, -0.2) is 15.9 Å². The first-order chi connectivity index (χ1) is 11.1. The average Bonchev–Trinajstić information content (AvgIpc) is 2.98. The largest absolute Gasteiger partial charge is 0.421 e. The van der Waals surface area contributed by atoms with E-state index in [0.29, 0.717) is 10.6 Å². The second-order valence-electron chi connectivity index (χ2n) is 4.73. The molecule has 0 radical (unpaired) electrons. The highest BCUT2D eigenvalue weighted by molar-refractivity contribution is 7.12. The summed E-state index contributed by atoms with van der Waals surface area (Å²) in [5.74, 6) is -0.686. The molecule has 2 aromatic heterocycles. The molecule has 23 heavy (non-hydrogen) atoms. The summed E-state index contributed by atoms with van der Waals surface area (Å²) in [5, 5.41) is 4.59.